The van der Waals surface area contributed by atoms with Gasteiger partial charge in [-0.3, -0.25) is 4.68 Å². The smallest absolute Gasteiger partial charge is 0.356 e. The molecule has 1 saturated heterocycles. The van der Waals surface area contributed by atoms with Crippen LogP contribution >= 0.6 is 0 Å². The lowest BCUT2D eigenvalue weighted by atomic mass is 10.0. The van der Waals surface area contributed by atoms with Crippen LogP contribution < -0.4 is 4.90 Å². The minimum Gasteiger partial charge on any atom is -0.476 e. The van der Waals surface area contributed by atoms with Gasteiger partial charge in [0, 0.05) is 49.6 Å². The lowest BCUT2D eigenvalue weighted by Crippen LogP contribution is -2.32. The normalized spacial score (nSPS) is 19.8. The third-order valence-corrected chi connectivity index (χ3v) is 5.17. The summed E-state index contributed by atoms with van der Waals surface area (Å²) < 4.78 is 7.56. The van der Waals surface area contributed by atoms with Gasteiger partial charge in [-0.15, -0.1) is 0 Å². The van der Waals surface area contributed by atoms with E-state index in [1.807, 2.05) is 30.8 Å². The van der Waals surface area contributed by atoms with Gasteiger partial charge in [0.25, 0.3) is 0 Å². The summed E-state index contributed by atoms with van der Waals surface area (Å²) in [5, 5.41) is 13.9. The molecule has 2 aromatic rings. The topological polar surface area (TPSA) is 80.5 Å². The Balaban J connectivity index is 1.59. The third kappa shape index (κ3) is 2.96. The van der Waals surface area contributed by atoms with Crippen molar-refractivity contribution >= 4 is 11.8 Å². The Morgan fingerprint density at radius 3 is 2.85 bits per heavy atom. The highest BCUT2D eigenvalue weighted by Gasteiger charge is 2.29. The Kier molecular flexibility index (Phi) is 4.40. The zero-order chi connectivity index (χ0) is 18.3. The standard InChI is InChI=1S/C19H24N4O3/c1-12(2)23-15-7-8-22(11-14(15)18(21-23)19(24)25)17-6-5-13(10-20-17)16-4-3-9-26-16/h5-6,10,12,16H,3-4,7-9,11H2,1-2H3,(H,24,25)/t16-/m1/s1. The number of nitrogens with zero attached hydrogens (tertiary/aromatic N) is 4. The van der Waals surface area contributed by atoms with Gasteiger partial charge in [-0.05, 0) is 38.3 Å². The highest BCUT2D eigenvalue weighted by molar-refractivity contribution is 5.87. The summed E-state index contributed by atoms with van der Waals surface area (Å²) in [4.78, 5) is 18.4. The largest absolute Gasteiger partial charge is 0.476 e. The van der Waals surface area contributed by atoms with Crippen molar-refractivity contribution in [2.75, 3.05) is 18.1 Å². The number of carboxylic acid groups (broad SMARTS) is 1. The maximum atomic E-state index is 11.6. The summed E-state index contributed by atoms with van der Waals surface area (Å²) in [6, 6.07) is 4.23. The first-order valence-electron chi connectivity index (χ1n) is 9.20. The molecule has 0 radical (unpaired) electrons. The van der Waals surface area contributed by atoms with E-state index in [1.165, 1.54) is 0 Å². The summed E-state index contributed by atoms with van der Waals surface area (Å²) in [5.41, 5.74) is 3.12. The fraction of sp³-hybridized carbons (Fsp3) is 0.526. The van der Waals surface area contributed by atoms with E-state index in [1.54, 1.807) is 0 Å². The van der Waals surface area contributed by atoms with E-state index in [0.29, 0.717) is 6.54 Å². The van der Waals surface area contributed by atoms with Crippen LogP contribution in [0.1, 0.15) is 66.1 Å². The molecule has 1 fully saturated rings. The van der Waals surface area contributed by atoms with Crippen molar-refractivity contribution in [3.05, 3.63) is 40.8 Å². The van der Waals surface area contributed by atoms with E-state index in [2.05, 4.69) is 21.0 Å². The van der Waals surface area contributed by atoms with E-state index >= 15 is 0 Å². The first-order valence-corrected chi connectivity index (χ1v) is 9.20. The van der Waals surface area contributed by atoms with Crippen LogP contribution in [-0.2, 0) is 17.7 Å². The van der Waals surface area contributed by atoms with E-state index in [9.17, 15) is 9.90 Å². The van der Waals surface area contributed by atoms with Gasteiger partial charge in [0.2, 0.25) is 0 Å². The summed E-state index contributed by atoms with van der Waals surface area (Å²) in [5.74, 6) is -0.102. The molecule has 2 aliphatic heterocycles. The van der Waals surface area contributed by atoms with Crippen LogP contribution in [0.5, 0.6) is 0 Å². The van der Waals surface area contributed by atoms with Crippen LogP contribution in [0, 0.1) is 0 Å². The second kappa shape index (κ2) is 6.72. The summed E-state index contributed by atoms with van der Waals surface area (Å²) in [6.45, 7) is 6.19. The molecule has 0 aromatic carbocycles. The molecule has 7 nitrogen and oxygen atoms in total. The number of carboxylic acids is 1. The lowest BCUT2D eigenvalue weighted by molar-refractivity contribution is 0.0688. The molecule has 2 aliphatic rings. The van der Waals surface area contributed by atoms with E-state index < -0.39 is 5.97 Å². The second-order valence-electron chi connectivity index (χ2n) is 7.24. The fourth-order valence-electron chi connectivity index (χ4n) is 3.86. The van der Waals surface area contributed by atoms with Gasteiger partial charge in [-0.2, -0.15) is 5.10 Å². The molecule has 0 bridgehead atoms. The fourth-order valence-corrected chi connectivity index (χ4v) is 3.86. The van der Waals surface area contributed by atoms with Crippen molar-refractivity contribution in [2.24, 2.45) is 0 Å². The van der Waals surface area contributed by atoms with Crippen LogP contribution in [0.2, 0.25) is 0 Å². The Labute approximate surface area is 152 Å². The number of pyridine rings is 1. The molecule has 1 N–H and O–H groups in total. The molecule has 1 atom stereocenters. The van der Waals surface area contributed by atoms with Crippen LogP contribution in [0.3, 0.4) is 0 Å². The van der Waals surface area contributed by atoms with Crippen molar-refractivity contribution in [3.8, 4) is 0 Å². The predicted molar refractivity (Wildman–Crippen MR) is 96.5 cm³/mol. The van der Waals surface area contributed by atoms with Crippen molar-refractivity contribution in [1.82, 2.24) is 14.8 Å². The molecular weight excluding hydrogens is 332 g/mol. The first kappa shape index (κ1) is 17.0. The molecule has 7 heteroatoms. The van der Waals surface area contributed by atoms with Crippen molar-refractivity contribution in [2.45, 2.75) is 51.8 Å². The highest BCUT2D eigenvalue weighted by Crippen LogP contribution is 2.31. The maximum absolute atomic E-state index is 11.6. The Bertz CT molecular complexity index is 807. The quantitative estimate of drug-likeness (QED) is 0.907. The van der Waals surface area contributed by atoms with E-state index in [-0.39, 0.29) is 17.8 Å². The van der Waals surface area contributed by atoms with Crippen LogP contribution in [0.15, 0.2) is 18.3 Å². The minimum atomic E-state index is -0.968. The van der Waals surface area contributed by atoms with Gasteiger partial charge in [0.05, 0.1) is 6.10 Å². The number of carbonyl (C=O) groups is 1. The van der Waals surface area contributed by atoms with Crippen molar-refractivity contribution in [1.29, 1.82) is 0 Å². The van der Waals surface area contributed by atoms with E-state index in [4.69, 9.17) is 4.74 Å². The van der Waals surface area contributed by atoms with Crippen molar-refractivity contribution in [3.63, 3.8) is 0 Å². The van der Waals surface area contributed by atoms with Gasteiger partial charge >= 0.3 is 5.97 Å². The molecule has 0 saturated carbocycles. The molecule has 26 heavy (non-hydrogen) atoms. The zero-order valence-corrected chi connectivity index (χ0v) is 15.2. The second-order valence-corrected chi connectivity index (χ2v) is 7.24. The van der Waals surface area contributed by atoms with Crippen molar-refractivity contribution < 1.29 is 14.6 Å². The number of hydrogen-bond donors (Lipinski definition) is 1. The Hall–Kier alpha value is -2.41. The predicted octanol–water partition coefficient (Wildman–Crippen LogP) is 2.97. The van der Waals surface area contributed by atoms with Gasteiger partial charge in [-0.1, -0.05) is 6.07 Å². The molecule has 2 aromatic heterocycles. The zero-order valence-electron chi connectivity index (χ0n) is 15.2. The van der Waals surface area contributed by atoms with Crippen LogP contribution in [0.4, 0.5) is 5.82 Å². The number of ether oxygens (including phenoxy) is 1. The molecule has 4 rings (SSSR count). The summed E-state index contributed by atoms with van der Waals surface area (Å²) in [7, 11) is 0. The lowest BCUT2D eigenvalue weighted by Gasteiger charge is -2.29. The monoisotopic (exact) mass is 356 g/mol. The molecule has 4 heterocycles. The average Bonchev–Trinajstić information content (AvgIpc) is 3.29. The van der Waals surface area contributed by atoms with Crippen LogP contribution in [-0.4, -0.2) is 39.0 Å². The minimum absolute atomic E-state index is 0.146. The number of anilines is 1. The van der Waals surface area contributed by atoms with Crippen LogP contribution in [0.25, 0.3) is 0 Å². The molecule has 0 aliphatic carbocycles. The number of aromatic carboxylic acids is 1. The summed E-state index contributed by atoms with van der Waals surface area (Å²) in [6.07, 6.45) is 4.95. The number of rotatable bonds is 4. The number of aromatic nitrogens is 3. The molecule has 0 unspecified atom stereocenters. The maximum Gasteiger partial charge on any atom is 0.356 e. The molecule has 138 valence electrons. The average molecular weight is 356 g/mol. The van der Waals surface area contributed by atoms with Gasteiger partial charge in [-0.25, -0.2) is 9.78 Å². The van der Waals surface area contributed by atoms with Gasteiger partial charge in [0.15, 0.2) is 5.69 Å². The number of hydrogen-bond acceptors (Lipinski definition) is 5. The number of fused-ring (bicyclic) bond motifs is 1. The summed E-state index contributed by atoms with van der Waals surface area (Å²) >= 11 is 0. The highest BCUT2D eigenvalue weighted by atomic mass is 16.5. The molecular formula is C19H24N4O3. The van der Waals surface area contributed by atoms with Gasteiger partial charge < -0.3 is 14.7 Å². The third-order valence-electron chi connectivity index (χ3n) is 5.17. The Morgan fingerprint density at radius 1 is 1.38 bits per heavy atom. The SMILES string of the molecule is CC(C)n1nc(C(=O)O)c2c1CCN(c1ccc([C@H]3CCCO3)cn1)C2. The molecule has 0 amide bonds. The van der Waals surface area contributed by atoms with Gasteiger partial charge in [0.1, 0.15) is 5.82 Å². The van der Waals surface area contributed by atoms with E-state index in [0.717, 1.165) is 55.1 Å². The Morgan fingerprint density at radius 2 is 2.23 bits per heavy atom. The molecule has 0 spiro atoms. The first-order chi connectivity index (χ1) is 12.5.